The van der Waals surface area contributed by atoms with E-state index in [9.17, 15) is 4.79 Å². The zero-order valence-corrected chi connectivity index (χ0v) is 15.7. The zero-order chi connectivity index (χ0) is 18.6. The molecular weight excluding hydrogens is 344 g/mol. The molecule has 2 heterocycles. The average Bonchev–Trinajstić information content (AvgIpc) is 3.40. The number of anilines is 1. The minimum Gasteiger partial charge on any atom is -0.497 e. The Labute approximate surface area is 159 Å². The van der Waals surface area contributed by atoms with Crippen LogP contribution in [0.5, 0.6) is 5.75 Å². The number of aromatic nitrogens is 2. The summed E-state index contributed by atoms with van der Waals surface area (Å²) in [6.07, 6.45) is 6.35. The first kappa shape index (κ1) is 17.8. The number of amides is 1. The summed E-state index contributed by atoms with van der Waals surface area (Å²) >= 11 is 0. The third-order valence-corrected chi connectivity index (χ3v) is 5.59. The predicted octanol–water partition coefficient (Wildman–Crippen LogP) is 3.02. The molecule has 2 fully saturated rings. The molecule has 1 aliphatic heterocycles. The molecule has 1 aromatic carbocycles. The lowest BCUT2D eigenvalue weighted by Gasteiger charge is -2.30. The number of carbonyl (C=O) groups excluding carboxylic acids is 1. The Balaban J connectivity index is 1.33. The van der Waals surface area contributed by atoms with E-state index in [0.29, 0.717) is 17.9 Å². The van der Waals surface area contributed by atoms with Crippen LogP contribution in [0.3, 0.4) is 0 Å². The number of nitrogens with zero attached hydrogens (tertiary/aromatic N) is 3. The molecule has 1 amide bonds. The molecule has 0 spiro atoms. The van der Waals surface area contributed by atoms with Crippen molar-refractivity contribution in [1.82, 2.24) is 15.5 Å². The van der Waals surface area contributed by atoms with Crippen LogP contribution < -0.4 is 15.0 Å². The molecule has 1 aliphatic carbocycles. The van der Waals surface area contributed by atoms with Gasteiger partial charge >= 0.3 is 6.01 Å². The number of carbonyl (C=O) groups is 1. The van der Waals surface area contributed by atoms with Crippen molar-refractivity contribution in [1.29, 1.82) is 0 Å². The highest BCUT2D eigenvalue weighted by Crippen LogP contribution is 2.27. The number of ether oxygens (including phenoxy) is 1. The topological polar surface area (TPSA) is 80.5 Å². The maximum Gasteiger partial charge on any atom is 0.318 e. The molecule has 0 bridgehead atoms. The number of benzene rings is 1. The molecule has 1 N–H and O–H groups in total. The molecule has 2 aliphatic rings. The summed E-state index contributed by atoms with van der Waals surface area (Å²) in [6, 6.07) is 8.45. The van der Waals surface area contributed by atoms with Crippen LogP contribution in [0.15, 0.2) is 28.7 Å². The van der Waals surface area contributed by atoms with E-state index in [4.69, 9.17) is 9.15 Å². The number of piperidine rings is 1. The Hall–Kier alpha value is -2.57. The summed E-state index contributed by atoms with van der Waals surface area (Å²) in [4.78, 5) is 14.5. The Morgan fingerprint density at radius 3 is 2.48 bits per heavy atom. The first-order valence-electron chi connectivity index (χ1n) is 9.76. The zero-order valence-electron chi connectivity index (χ0n) is 15.7. The molecule has 144 valence electrons. The van der Waals surface area contributed by atoms with Crippen molar-refractivity contribution < 1.29 is 13.9 Å². The van der Waals surface area contributed by atoms with Gasteiger partial charge < -0.3 is 19.4 Å². The van der Waals surface area contributed by atoms with E-state index in [1.54, 1.807) is 7.11 Å². The largest absolute Gasteiger partial charge is 0.497 e. The number of rotatable bonds is 5. The average molecular weight is 370 g/mol. The van der Waals surface area contributed by atoms with Gasteiger partial charge in [-0.1, -0.05) is 17.9 Å². The van der Waals surface area contributed by atoms with Crippen LogP contribution in [0, 0.1) is 5.92 Å². The van der Waals surface area contributed by atoms with Crippen LogP contribution >= 0.6 is 0 Å². The molecule has 7 nitrogen and oxygen atoms in total. The van der Waals surface area contributed by atoms with Crippen LogP contribution in [-0.4, -0.2) is 42.3 Å². The highest BCUT2D eigenvalue weighted by atomic mass is 16.5. The summed E-state index contributed by atoms with van der Waals surface area (Å²) < 4.78 is 11.0. The molecule has 1 saturated heterocycles. The van der Waals surface area contributed by atoms with Crippen molar-refractivity contribution >= 4 is 11.9 Å². The Bertz CT molecular complexity index is 760. The molecule has 0 radical (unpaired) electrons. The van der Waals surface area contributed by atoms with Crippen LogP contribution in [0.25, 0.3) is 11.5 Å². The van der Waals surface area contributed by atoms with Gasteiger partial charge in [-0.3, -0.25) is 4.79 Å². The van der Waals surface area contributed by atoms with Gasteiger partial charge in [-0.2, -0.15) is 0 Å². The maximum absolute atomic E-state index is 12.4. The first-order chi connectivity index (χ1) is 13.2. The van der Waals surface area contributed by atoms with Crippen molar-refractivity contribution in [2.45, 2.75) is 44.6 Å². The second-order valence-corrected chi connectivity index (χ2v) is 7.37. The van der Waals surface area contributed by atoms with Crippen LogP contribution in [0.2, 0.25) is 0 Å². The van der Waals surface area contributed by atoms with E-state index in [-0.39, 0.29) is 11.8 Å². The minimum absolute atomic E-state index is 0.0887. The lowest BCUT2D eigenvalue weighted by Crippen LogP contribution is -2.43. The summed E-state index contributed by atoms with van der Waals surface area (Å²) in [6.45, 7) is 1.51. The summed E-state index contributed by atoms with van der Waals surface area (Å²) in [5.74, 6) is 1.59. The monoisotopic (exact) mass is 370 g/mol. The minimum atomic E-state index is 0.0887. The fourth-order valence-corrected chi connectivity index (χ4v) is 3.92. The quantitative estimate of drug-likeness (QED) is 0.871. The molecule has 27 heavy (non-hydrogen) atoms. The summed E-state index contributed by atoms with van der Waals surface area (Å²) in [5.41, 5.74) is 0.861. The standard InChI is InChI=1S/C20H26N4O3/c1-26-17-8-6-15(7-9-17)19-22-23-20(27-19)24-12-10-14(11-13-24)18(25)21-16-4-2-3-5-16/h6-9,14,16H,2-5,10-13H2,1H3,(H,21,25). The van der Waals surface area contributed by atoms with Gasteiger partial charge in [0.2, 0.25) is 11.8 Å². The lowest BCUT2D eigenvalue weighted by atomic mass is 9.95. The second-order valence-electron chi connectivity index (χ2n) is 7.37. The Morgan fingerprint density at radius 2 is 1.81 bits per heavy atom. The second kappa shape index (κ2) is 7.98. The van der Waals surface area contributed by atoms with Crippen LogP contribution in [0.1, 0.15) is 38.5 Å². The Morgan fingerprint density at radius 1 is 1.11 bits per heavy atom. The van der Waals surface area contributed by atoms with E-state index < -0.39 is 0 Å². The molecule has 2 aromatic rings. The molecule has 7 heteroatoms. The van der Waals surface area contributed by atoms with Gasteiger partial charge in [0.25, 0.3) is 0 Å². The predicted molar refractivity (Wildman–Crippen MR) is 102 cm³/mol. The number of nitrogens with one attached hydrogen (secondary N) is 1. The number of methoxy groups -OCH3 is 1. The summed E-state index contributed by atoms with van der Waals surface area (Å²) in [5, 5.41) is 11.6. The van der Waals surface area contributed by atoms with Crippen LogP contribution in [-0.2, 0) is 4.79 Å². The molecular formula is C20H26N4O3. The normalized spacial score (nSPS) is 18.6. The van der Waals surface area contributed by atoms with E-state index in [1.165, 1.54) is 12.8 Å². The van der Waals surface area contributed by atoms with E-state index in [0.717, 1.165) is 50.1 Å². The van der Waals surface area contributed by atoms with Gasteiger partial charge in [-0.05, 0) is 49.9 Å². The SMILES string of the molecule is COc1ccc(-c2nnc(N3CCC(C(=O)NC4CCCC4)CC3)o2)cc1. The number of hydrogen-bond acceptors (Lipinski definition) is 6. The van der Waals surface area contributed by atoms with E-state index in [1.807, 2.05) is 24.3 Å². The van der Waals surface area contributed by atoms with Gasteiger partial charge in [-0.25, -0.2) is 0 Å². The third-order valence-electron chi connectivity index (χ3n) is 5.59. The number of hydrogen-bond donors (Lipinski definition) is 1. The molecule has 0 unspecified atom stereocenters. The Kier molecular flexibility index (Phi) is 5.27. The fourth-order valence-electron chi connectivity index (χ4n) is 3.92. The smallest absolute Gasteiger partial charge is 0.318 e. The van der Waals surface area contributed by atoms with E-state index in [2.05, 4.69) is 20.4 Å². The fraction of sp³-hybridized carbons (Fsp3) is 0.550. The van der Waals surface area contributed by atoms with Gasteiger partial charge in [0.15, 0.2) is 0 Å². The highest BCUT2D eigenvalue weighted by Gasteiger charge is 2.29. The third kappa shape index (κ3) is 4.07. The molecule has 1 saturated carbocycles. The van der Waals surface area contributed by atoms with Crippen molar-refractivity contribution in [2.75, 3.05) is 25.1 Å². The van der Waals surface area contributed by atoms with Gasteiger partial charge in [0.05, 0.1) is 7.11 Å². The van der Waals surface area contributed by atoms with Crippen molar-refractivity contribution in [3.63, 3.8) is 0 Å². The lowest BCUT2D eigenvalue weighted by molar-refractivity contribution is -0.126. The van der Waals surface area contributed by atoms with Crippen molar-refractivity contribution in [2.24, 2.45) is 5.92 Å². The van der Waals surface area contributed by atoms with Crippen molar-refractivity contribution in [3.05, 3.63) is 24.3 Å². The van der Waals surface area contributed by atoms with Gasteiger partial charge in [0, 0.05) is 30.6 Å². The molecule has 1 aromatic heterocycles. The van der Waals surface area contributed by atoms with Crippen LogP contribution in [0.4, 0.5) is 6.01 Å². The summed E-state index contributed by atoms with van der Waals surface area (Å²) in [7, 11) is 1.64. The van der Waals surface area contributed by atoms with E-state index >= 15 is 0 Å². The van der Waals surface area contributed by atoms with Gasteiger partial charge in [0.1, 0.15) is 5.75 Å². The molecule has 0 atom stereocenters. The van der Waals surface area contributed by atoms with Gasteiger partial charge in [-0.15, -0.1) is 5.10 Å². The molecule has 4 rings (SSSR count). The first-order valence-corrected chi connectivity index (χ1v) is 9.76. The maximum atomic E-state index is 12.4. The highest BCUT2D eigenvalue weighted by molar-refractivity contribution is 5.79. The van der Waals surface area contributed by atoms with Crippen molar-refractivity contribution in [3.8, 4) is 17.2 Å².